The molecule has 0 aliphatic carbocycles. The number of rotatable bonds is 4. The molecule has 1 heterocycles. The van der Waals surface area contributed by atoms with Crippen molar-refractivity contribution in [3.05, 3.63) is 34.9 Å². The predicted molar refractivity (Wildman–Crippen MR) is 82.8 cm³/mol. The summed E-state index contributed by atoms with van der Waals surface area (Å²) in [5.74, 6) is 0.543. The molecule has 0 unspecified atom stereocenters. The van der Waals surface area contributed by atoms with E-state index in [2.05, 4.69) is 5.32 Å². The summed E-state index contributed by atoms with van der Waals surface area (Å²) in [6.45, 7) is 6.65. The van der Waals surface area contributed by atoms with E-state index >= 15 is 0 Å². The first-order chi connectivity index (χ1) is 10.6. The van der Waals surface area contributed by atoms with Crippen molar-refractivity contribution in [2.75, 3.05) is 13.2 Å². The number of carbonyl (C=O) groups excluding carboxylic acids is 2. The Balaban J connectivity index is 2.35. The summed E-state index contributed by atoms with van der Waals surface area (Å²) in [6, 6.07) is 5.45. The number of ether oxygens (including phenoxy) is 2. The fraction of sp³-hybridized carbons (Fsp3) is 0.294. The minimum absolute atomic E-state index is 0.341. The number of benzene rings is 2. The van der Waals surface area contributed by atoms with Gasteiger partial charge in [0.1, 0.15) is 0 Å². The third kappa shape index (κ3) is 2.01. The SMILES string of the molecule is CCOc1ccc2c(C)c3c(cc2c1OCC)C(=O)NC3=O. The fourth-order valence-corrected chi connectivity index (χ4v) is 2.87. The monoisotopic (exact) mass is 299 g/mol. The van der Waals surface area contributed by atoms with Crippen molar-refractivity contribution in [1.82, 2.24) is 5.32 Å². The third-order valence-corrected chi connectivity index (χ3v) is 3.78. The first-order valence-corrected chi connectivity index (χ1v) is 7.30. The molecule has 0 aromatic heterocycles. The molecule has 1 aliphatic heterocycles. The van der Waals surface area contributed by atoms with Crippen molar-refractivity contribution >= 4 is 22.6 Å². The van der Waals surface area contributed by atoms with Crippen LogP contribution in [0.5, 0.6) is 11.5 Å². The number of amides is 2. The lowest BCUT2D eigenvalue weighted by molar-refractivity contribution is 0.0879. The summed E-state index contributed by atoms with van der Waals surface area (Å²) in [6.07, 6.45) is 0. The van der Waals surface area contributed by atoms with E-state index in [1.165, 1.54) is 0 Å². The van der Waals surface area contributed by atoms with Crippen LogP contribution in [0.1, 0.15) is 40.1 Å². The highest BCUT2D eigenvalue weighted by atomic mass is 16.5. The normalized spacial score (nSPS) is 13.2. The maximum atomic E-state index is 11.9. The van der Waals surface area contributed by atoms with E-state index in [0.717, 1.165) is 16.3 Å². The molecule has 0 saturated heterocycles. The quantitative estimate of drug-likeness (QED) is 0.882. The van der Waals surface area contributed by atoms with Gasteiger partial charge in [-0.1, -0.05) is 6.07 Å². The van der Waals surface area contributed by atoms with Gasteiger partial charge >= 0.3 is 0 Å². The number of fused-ring (bicyclic) bond motifs is 2. The molecule has 0 radical (unpaired) electrons. The zero-order valence-electron chi connectivity index (χ0n) is 12.8. The lowest BCUT2D eigenvalue weighted by atomic mass is 9.95. The molecule has 3 rings (SSSR count). The molecule has 2 amide bonds. The van der Waals surface area contributed by atoms with Crippen LogP contribution >= 0.6 is 0 Å². The summed E-state index contributed by atoms with van der Waals surface area (Å²) in [5, 5.41) is 4.01. The first-order valence-electron chi connectivity index (χ1n) is 7.30. The molecule has 0 spiro atoms. The van der Waals surface area contributed by atoms with E-state index < -0.39 is 0 Å². The van der Waals surface area contributed by atoms with Crippen LogP contribution in [-0.2, 0) is 0 Å². The smallest absolute Gasteiger partial charge is 0.259 e. The van der Waals surface area contributed by atoms with Crippen LogP contribution in [0.3, 0.4) is 0 Å². The van der Waals surface area contributed by atoms with Gasteiger partial charge in [-0.2, -0.15) is 0 Å². The van der Waals surface area contributed by atoms with Crippen LogP contribution in [0, 0.1) is 6.92 Å². The molecule has 1 N–H and O–H groups in total. The largest absolute Gasteiger partial charge is 0.490 e. The summed E-state index contributed by atoms with van der Waals surface area (Å²) >= 11 is 0. The van der Waals surface area contributed by atoms with Gasteiger partial charge < -0.3 is 9.47 Å². The van der Waals surface area contributed by atoms with Gasteiger partial charge in [-0.3, -0.25) is 14.9 Å². The van der Waals surface area contributed by atoms with Crippen molar-refractivity contribution in [2.24, 2.45) is 0 Å². The lowest BCUT2D eigenvalue weighted by Gasteiger charge is -2.15. The molecule has 22 heavy (non-hydrogen) atoms. The van der Waals surface area contributed by atoms with E-state index in [9.17, 15) is 9.59 Å². The topological polar surface area (TPSA) is 64.6 Å². The molecule has 5 heteroatoms. The van der Waals surface area contributed by atoms with E-state index in [-0.39, 0.29) is 11.8 Å². The van der Waals surface area contributed by atoms with Crippen molar-refractivity contribution in [2.45, 2.75) is 20.8 Å². The number of nitrogens with one attached hydrogen (secondary N) is 1. The van der Waals surface area contributed by atoms with Gasteiger partial charge in [0.15, 0.2) is 11.5 Å². The van der Waals surface area contributed by atoms with Crippen molar-refractivity contribution < 1.29 is 19.1 Å². The Morgan fingerprint density at radius 1 is 1.00 bits per heavy atom. The van der Waals surface area contributed by atoms with Crippen LogP contribution in [0.4, 0.5) is 0 Å². The van der Waals surface area contributed by atoms with Crippen LogP contribution in [0.25, 0.3) is 10.8 Å². The number of hydrogen-bond acceptors (Lipinski definition) is 4. The number of aryl methyl sites for hydroxylation is 1. The van der Waals surface area contributed by atoms with Crippen molar-refractivity contribution in [1.29, 1.82) is 0 Å². The Labute approximate surface area is 128 Å². The molecule has 0 fully saturated rings. The summed E-state index contributed by atoms with van der Waals surface area (Å²) in [4.78, 5) is 23.9. The zero-order chi connectivity index (χ0) is 15.9. The van der Waals surface area contributed by atoms with Gasteiger partial charge in [0, 0.05) is 5.39 Å². The van der Waals surface area contributed by atoms with Crippen LogP contribution in [-0.4, -0.2) is 25.0 Å². The minimum Gasteiger partial charge on any atom is -0.490 e. The summed E-state index contributed by atoms with van der Waals surface area (Å²) in [5.41, 5.74) is 1.62. The van der Waals surface area contributed by atoms with E-state index in [0.29, 0.717) is 35.8 Å². The van der Waals surface area contributed by atoms with Gasteiger partial charge in [0.25, 0.3) is 11.8 Å². The Hall–Kier alpha value is -2.56. The molecule has 2 aromatic rings. The zero-order valence-corrected chi connectivity index (χ0v) is 12.8. The fourth-order valence-electron chi connectivity index (χ4n) is 2.87. The maximum absolute atomic E-state index is 11.9. The molecular formula is C17H17NO4. The highest BCUT2D eigenvalue weighted by Gasteiger charge is 2.30. The summed E-state index contributed by atoms with van der Waals surface area (Å²) in [7, 11) is 0. The second-order valence-corrected chi connectivity index (χ2v) is 5.06. The molecule has 1 aliphatic rings. The Morgan fingerprint density at radius 3 is 2.41 bits per heavy atom. The molecule has 2 aromatic carbocycles. The van der Waals surface area contributed by atoms with E-state index in [1.807, 2.05) is 32.9 Å². The Bertz CT molecular complexity index is 795. The standard InChI is InChI=1S/C17H17NO4/c1-4-21-13-7-6-10-9(3)14-12(16(19)18-17(14)20)8-11(10)15(13)22-5-2/h6-8H,4-5H2,1-3H3,(H,18,19,20). The predicted octanol–water partition coefficient (Wildman–Crippen LogP) is 2.83. The maximum Gasteiger partial charge on any atom is 0.259 e. The molecular weight excluding hydrogens is 282 g/mol. The molecule has 0 bridgehead atoms. The number of carbonyl (C=O) groups is 2. The highest BCUT2D eigenvalue weighted by Crippen LogP contribution is 2.39. The van der Waals surface area contributed by atoms with E-state index in [1.54, 1.807) is 6.07 Å². The summed E-state index contributed by atoms with van der Waals surface area (Å²) < 4.78 is 11.4. The third-order valence-electron chi connectivity index (χ3n) is 3.78. The molecule has 0 atom stereocenters. The molecule has 0 saturated carbocycles. The molecule has 5 nitrogen and oxygen atoms in total. The average molecular weight is 299 g/mol. The van der Waals surface area contributed by atoms with Gasteiger partial charge in [-0.15, -0.1) is 0 Å². The van der Waals surface area contributed by atoms with Gasteiger partial charge in [0.2, 0.25) is 0 Å². The van der Waals surface area contributed by atoms with Crippen molar-refractivity contribution in [3.63, 3.8) is 0 Å². The van der Waals surface area contributed by atoms with Crippen molar-refractivity contribution in [3.8, 4) is 11.5 Å². The number of imide groups is 1. The van der Waals surface area contributed by atoms with Gasteiger partial charge in [-0.05, 0) is 43.9 Å². The second-order valence-electron chi connectivity index (χ2n) is 5.06. The first kappa shape index (κ1) is 14.4. The second kappa shape index (κ2) is 5.33. The lowest BCUT2D eigenvalue weighted by Crippen LogP contribution is -2.20. The van der Waals surface area contributed by atoms with E-state index in [4.69, 9.17) is 9.47 Å². The van der Waals surface area contributed by atoms with Crippen LogP contribution < -0.4 is 14.8 Å². The highest BCUT2D eigenvalue weighted by molar-refractivity contribution is 6.24. The molecule has 114 valence electrons. The van der Waals surface area contributed by atoms with Gasteiger partial charge in [-0.25, -0.2) is 0 Å². The Morgan fingerprint density at radius 2 is 1.73 bits per heavy atom. The van der Waals surface area contributed by atoms with Gasteiger partial charge in [0.05, 0.1) is 24.3 Å². The van der Waals surface area contributed by atoms with Crippen LogP contribution in [0.15, 0.2) is 18.2 Å². The minimum atomic E-state index is -0.366. The average Bonchev–Trinajstić information content (AvgIpc) is 2.77. The number of hydrogen-bond donors (Lipinski definition) is 1. The Kier molecular flexibility index (Phi) is 3.48. The van der Waals surface area contributed by atoms with Crippen LogP contribution in [0.2, 0.25) is 0 Å².